The van der Waals surface area contributed by atoms with Crippen molar-refractivity contribution >= 4 is 35.1 Å². The minimum atomic E-state index is -0.124. The first-order chi connectivity index (χ1) is 12.6. The fraction of sp³-hybridized carbons (Fsp3) is 0.389. The molecule has 0 saturated carbocycles. The van der Waals surface area contributed by atoms with Crippen LogP contribution in [0.2, 0.25) is 0 Å². The minimum Gasteiger partial charge on any atom is -0.383 e. The highest BCUT2D eigenvalue weighted by Gasteiger charge is 2.22. The van der Waals surface area contributed by atoms with E-state index in [-0.39, 0.29) is 17.2 Å². The van der Waals surface area contributed by atoms with Gasteiger partial charge in [-0.2, -0.15) is 0 Å². The van der Waals surface area contributed by atoms with Crippen molar-refractivity contribution in [2.24, 2.45) is 0 Å². The maximum atomic E-state index is 12.7. The zero-order valence-corrected chi connectivity index (χ0v) is 16.4. The van der Waals surface area contributed by atoms with Crippen LogP contribution >= 0.6 is 23.5 Å². The molecule has 0 atom stereocenters. The maximum Gasteiger partial charge on any atom is 0.268 e. The van der Waals surface area contributed by atoms with Crippen molar-refractivity contribution in [1.29, 1.82) is 0 Å². The maximum absolute atomic E-state index is 12.7. The lowest BCUT2D eigenvalue weighted by molar-refractivity contribution is -0.113. The molecular formula is C18H21N3O3S2. The molecular weight excluding hydrogens is 370 g/mol. The number of carbonyl (C=O) groups is 1. The Morgan fingerprint density at radius 3 is 2.88 bits per heavy atom. The van der Waals surface area contributed by atoms with Gasteiger partial charge in [0.05, 0.1) is 29.5 Å². The van der Waals surface area contributed by atoms with Gasteiger partial charge in [-0.3, -0.25) is 14.2 Å². The number of thioether (sulfide) groups is 2. The van der Waals surface area contributed by atoms with E-state index in [4.69, 9.17) is 4.74 Å². The molecule has 0 aliphatic carbocycles. The average molecular weight is 392 g/mol. The summed E-state index contributed by atoms with van der Waals surface area (Å²) < 4.78 is 6.72. The number of ether oxygens (including phenoxy) is 1. The Hall–Kier alpha value is -1.77. The second-order valence-electron chi connectivity index (χ2n) is 5.92. The standard InChI is InChI=1S/C18H21N3O3S2/c1-12-3-5-13(6-4-12)19-15(22)11-26-18-20-14-7-10-25-16(14)17(23)21(18)8-9-24-2/h3-6H,7-11H2,1-2H3,(H,19,22). The van der Waals surface area contributed by atoms with Gasteiger partial charge in [0.15, 0.2) is 5.16 Å². The third-order valence-electron chi connectivity index (χ3n) is 3.93. The fourth-order valence-corrected chi connectivity index (χ4v) is 4.46. The second kappa shape index (κ2) is 8.75. The number of anilines is 1. The number of rotatable bonds is 7. The van der Waals surface area contributed by atoms with E-state index < -0.39 is 0 Å². The number of nitrogens with zero attached hydrogens (tertiary/aromatic N) is 2. The first-order valence-electron chi connectivity index (χ1n) is 8.33. The van der Waals surface area contributed by atoms with Gasteiger partial charge in [-0.25, -0.2) is 4.98 Å². The van der Waals surface area contributed by atoms with Crippen LogP contribution in [0.25, 0.3) is 0 Å². The van der Waals surface area contributed by atoms with Crippen LogP contribution in [0, 0.1) is 6.92 Å². The van der Waals surface area contributed by atoms with Gasteiger partial charge in [-0.1, -0.05) is 29.5 Å². The molecule has 0 fully saturated rings. The van der Waals surface area contributed by atoms with E-state index in [0.29, 0.717) is 18.3 Å². The van der Waals surface area contributed by atoms with E-state index in [0.717, 1.165) is 34.0 Å². The molecule has 2 aromatic rings. The van der Waals surface area contributed by atoms with Gasteiger partial charge >= 0.3 is 0 Å². The van der Waals surface area contributed by atoms with Crippen molar-refractivity contribution in [2.45, 2.75) is 29.9 Å². The summed E-state index contributed by atoms with van der Waals surface area (Å²) in [5, 5.41) is 3.44. The van der Waals surface area contributed by atoms with Gasteiger partial charge in [0.2, 0.25) is 5.91 Å². The molecule has 0 spiro atoms. The van der Waals surface area contributed by atoms with Crippen LogP contribution in [-0.4, -0.2) is 40.7 Å². The minimum absolute atomic E-state index is 0.0315. The molecule has 8 heteroatoms. The van der Waals surface area contributed by atoms with Crippen molar-refractivity contribution in [3.05, 3.63) is 45.9 Å². The van der Waals surface area contributed by atoms with Crippen molar-refractivity contribution < 1.29 is 9.53 Å². The Morgan fingerprint density at radius 1 is 1.38 bits per heavy atom. The van der Waals surface area contributed by atoms with Gasteiger partial charge < -0.3 is 10.1 Å². The first-order valence-corrected chi connectivity index (χ1v) is 10.3. The summed E-state index contributed by atoms with van der Waals surface area (Å²) in [6.45, 7) is 2.85. The SMILES string of the molecule is COCCn1c(SCC(=O)Nc2ccc(C)cc2)nc2c(c1=O)SCC2. The Morgan fingerprint density at radius 2 is 2.15 bits per heavy atom. The van der Waals surface area contributed by atoms with Crippen LogP contribution in [-0.2, 0) is 22.5 Å². The molecule has 1 aliphatic rings. The molecule has 1 N–H and O–H groups in total. The number of hydrogen-bond donors (Lipinski definition) is 1. The molecule has 0 bridgehead atoms. The third-order valence-corrected chi connectivity index (χ3v) is 6.02. The number of aromatic nitrogens is 2. The first kappa shape index (κ1) is 19.0. The zero-order valence-electron chi connectivity index (χ0n) is 14.8. The monoisotopic (exact) mass is 391 g/mol. The molecule has 1 amide bonds. The number of methoxy groups -OCH3 is 1. The summed E-state index contributed by atoms with van der Waals surface area (Å²) in [4.78, 5) is 30.3. The number of carbonyl (C=O) groups excluding carboxylic acids is 1. The highest BCUT2D eigenvalue weighted by atomic mass is 32.2. The van der Waals surface area contributed by atoms with Crippen molar-refractivity contribution in [3.8, 4) is 0 Å². The molecule has 2 heterocycles. The Bertz CT molecular complexity index is 850. The van der Waals surface area contributed by atoms with Gasteiger partial charge in [0.1, 0.15) is 0 Å². The largest absolute Gasteiger partial charge is 0.383 e. The molecule has 0 radical (unpaired) electrons. The normalized spacial score (nSPS) is 12.8. The lowest BCUT2D eigenvalue weighted by Gasteiger charge is -2.13. The summed E-state index contributed by atoms with van der Waals surface area (Å²) in [7, 11) is 1.60. The average Bonchev–Trinajstić information content (AvgIpc) is 3.10. The fourth-order valence-electron chi connectivity index (χ4n) is 2.58. The van der Waals surface area contributed by atoms with Crippen LogP contribution in [0.1, 0.15) is 11.3 Å². The Balaban J connectivity index is 1.72. The van der Waals surface area contributed by atoms with Gasteiger partial charge in [-0.15, -0.1) is 11.8 Å². The van der Waals surface area contributed by atoms with Crippen molar-refractivity contribution in [2.75, 3.05) is 30.5 Å². The van der Waals surface area contributed by atoms with Gasteiger partial charge in [-0.05, 0) is 19.1 Å². The topological polar surface area (TPSA) is 73.2 Å². The highest BCUT2D eigenvalue weighted by molar-refractivity contribution is 8.00. The molecule has 3 rings (SSSR count). The lowest BCUT2D eigenvalue weighted by Crippen LogP contribution is -2.27. The molecule has 1 aromatic carbocycles. The van der Waals surface area contributed by atoms with Crippen molar-refractivity contribution in [3.63, 3.8) is 0 Å². The Kier molecular flexibility index (Phi) is 6.39. The number of amides is 1. The summed E-state index contributed by atoms with van der Waals surface area (Å²) in [6.07, 6.45) is 0.795. The van der Waals surface area contributed by atoms with Gasteiger partial charge in [0, 0.05) is 25.0 Å². The molecule has 26 heavy (non-hydrogen) atoms. The van der Waals surface area contributed by atoms with E-state index in [1.165, 1.54) is 11.8 Å². The van der Waals surface area contributed by atoms with E-state index >= 15 is 0 Å². The summed E-state index contributed by atoms with van der Waals surface area (Å²) in [5.74, 6) is 0.949. The number of fused-ring (bicyclic) bond motifs is 1. The number of nitrogens with one attached hydrogen (secondary N) is 1. The van der Waals surface area contributed by atoms with E-state index in [1.54, 1.807) is 23.4 Å². The van der Waals surface area contributed by atoms with Gasteiger partial charge in [0.25, 0.3) is 5.56 Å². The molecule has 0 unspecified atom stereocenters. The number of hydrogen-bond acceptors (Lipinski definition) is 6. The van der Waals surface area contributed by atoms with E-state index in [1.807, 2.05) is 31.2 Å². The zero-order chi connectivity index (χ0) is 18.5. The molecule has 138 valence electrons. The Labute approximate surface area is 160 Å². The highest BCUT2D eigenvalue weighted by Crippen LogP contribution is 2.28. The number of aryl methyl sites for hydroxylation is 2. The van der Waals surface area contributed by atoms with E-state index in [9.17, 15) is 9.59 Å². The third kappa shape index (κ3) is 4.49. The van der Waals surface area contributed by atoms with E-state index in [2.05, 4.69) is 10.3 Å². The van der Waals surface area contributed by atoms with Crippen LogP contribution in [0.3, 0.4) is 0 Å². The van der Waals surface area contributed by atoms with Crippen LogP contribution in [0.4, 0.5) is 5.69 Å². The summed E-state index contributed by atoms with van der Waals surface area (Å²) in [5.41, 5.74) is 2.71. The lowest BCUT2D eigenvalue weighted by atomic mass is 10.2. The number of benzene rings is 1. The quantitative estimate of drug-likeness (QED) is 0.578. The predicted molar refractivity (Wildman–Crippen MR) is 105 cm³/mol. The molecule has 0 saturated heterocycles. The van der Waals surface area contributed by atoms with Crippen LogP contribution in [0.5, 0.6) is 0 Å². The predicted octanol–water partition coefficient (Wildman–Crippen LogP) is 2.58. The van der Waals surface area contributed by atoms with Crippen LogP contribution < -0.4 is 10.9 Å². The summed E-state index contributed by atoms with van der Waals surface area (Å²) in [6, 6.07) is 7.64. The summed E-state index contributed by atoms with van der Waals surface area (Å²) >= 11 is 2.84. The van der Waals surface area contributed by atoms with Crippen LogP contribution in [0.15, 0.2) is 39.1 Å². The van der Waals surface area contributed by atoms with Crippen molar-refractivity contribution in [1.82, 2.24) is 9.55 Å². The second-order valence-corrected chi connectivity index (χ2v) is 7.97. The molecule has 6 nitrogen and oxygen atoms in total. The molecule has 1 aromatic heterocycles. The molecule has 1 aliphatic heterocycles. The smallest absolute Gasteiger partial charge is 0.268 e.